The zero-order valence-corrected chi connectivity index (χ0v) is 13.8. The summed E-state index contributed by atoms with van der Waals surface area (Å²) in [6.07, 6.45) is 4.56. The standard InChI is InChI=1S/C15H21BrClNO/c1-18(7-4-2-3-6-17)11-13-10-14(16)9-12-5-8-19-15(12)13/h9-10H,2-8,11H2,1H3. The van der Waals surface area contributed by atoms with Crippen molar-refractivity contribution in [3.05, 3.63) is 27.7 Å². The van der Waals surface area contributed by atoms with Gasteiger partial charge in [-0.3, -0.25) is 0 Å². The molecule has 0 amide bonds. The summed E-state index contributed by atoms with van der Waals surface area (Å²) in [7, 11) is 2.17. The molecule has 0 fully saturated rings. The highest BCUT2D eigenvalue weighted by molar-refractivity contribution is 9.10. The van der Waals surface area contributed by atoms with Gasteiger partial charge >= 0.3 is 0 Å². The molecular weight excluding hydrogens is 326 g/mol. The number of benzene rings is 1. The monoisotopic (exact) mass is 345 g/mol. The molecule has 0 aliphatic carbocycles. The maximum atomic E-state index is 5.76. The molecule has 0 saturated carbocycles. The number of rotatable bonds is 7. The molecule has 19 heavy (non-hydrogen) atoms. The first-order valence-corrected chi connectivity index (χ1v) is 8.22. The lowest BCUT2D eigenvalue weighted by Gasteiger charge is -2.18. The summed E-state index contributed by atoms with van der Waals surface area (Å²) in [5.41, 5.74) is 2.63. The van der Waals surface area contributed by atoms with Gasteiger partial charge in [0.2, 0.25) is 0 Å². The van der Waals surface area contributed by atoms with Gasteiger partial charge in [-0.25, -0.2) is 0 Å². The number of alkyl halides is 1. The molecule has 1 aromatic rings. The molecule has 0 N–H and O–H groups in total. The zero-order chi connectivity index (χ0) is 13.7. The van der Waals surface area contributed by atoms with E-state index in [1.807, 2.05) is 0 Å². The second-order valence-corrected chi connectivity index (χ2v) is 6.43. The number of nitrogens with zero attached hydrogens (tertiary/aromatic N) is 1. The Morgan fingerprint density at radius 2 is 2.16 bits per heavy atom. The van der Waals surface area contributed by atoms with Crippen LogP contribution < -0.4 is 4.74 Å². The molecule has 4 heteroatoms. The van der Waals surface area contributed by atoms with Gasteiger partial charge in [-0.15, -0.1) is 11.6 Å². The van der Waals surface area contributed by atoms with Gasteiger partial charge < -0.3 is 9.64 Å². The van der Waals surface area contributed by atoms with Gasteiger partial charge in [-0.1, -0.05) is 22.4 Å². The average Bonchev–Trinajstić information content (AvgIpc) is 2.82. The minimum atomic E-state index is 0.774. The van der Waals surface area contributed by atoms with Crippen molar-refractivity contribution in [2.45, 2.75) is 32.2 Å². The van der Waals surface area contributed by atoms with E-state index >= 15 is 0 Å². The van der Waals surface area contributed by atoms with Crippen LogP contribution in [0.3, 0.4) is 0 Å². The molecule has 0 saturated heterocycles. The van der Waals surface area contributed by atoms with Crippen LogP contribution in [0.25, 0.3) is 0 Å². The maximum absolute atomic E-state index is 5.76. The zero-order valence-electron chi connectivity index (χ0n) is 11.4. The van der Waals surface area contributed by atoms with E-state index in [1.54, 1.807) is 0 Å². The van der Waals surface area contributed by atoms with Crippen molar-refractivity contribution in [3.63, 3.8) is 0 Å². The molecule has 1 aliphatic rings. The molecule has 1 heterocycles. The van der Waals surface area contributed by atoms with Crippen molar-refractivity contribution in [1.82, 2.24) is 4.90 Å². The van der Waals surface area contributed by atoms with E-state index in [0.29, 0.717) is 0 Å². The first-order chi connectivity index (χ1) is 9.20. The van der Waals surface area contributed by atoms with Crippen molar-refractivity contribution >= 4 is 27.5 Å². The summed E-state index contributed by atoms with van der Waals surface area (Å²) in [6, 6.07) is 4.35. The number of ether oxygens (including phenoxy) is 1. The van der Waals surface area contributed by atoms with Gasteiger partial charge in [0.1, 0.15) is 5.75 Å². The number of halogens is 2. The average molecular weight is 347 g/mol. The second-order valence-electron chi connectivity index (χ2n) is 5.14. The van der Waals surface area contributed by atoms with E-state index in [-0.39, 0.29) is 0 Å². The van der Waals surface area contributed by atoms with Crippen LogP contribution in [0.15, 0.2) is 16.6 Å². The Morgan fingerprint density at radius 3 is 2.95 bits per heavy atom. The van der Waals surface area contributed by atoms with Crippen LogP contribution in [0.2, 0.25) is 0 Å². The quantitative estimate of drug-likeness (QED) is 0.541. The van der Waals surface area contributed by atoms with Crippen molar-refractivity contribution in [1.29, 1.82) is 0 Å². The second kappa shape index (κ2) is 7.51. The molecular formula is C15H21BrClNO. The lowest BCUT2D eigenvalue weighted by Crippen LogP contribution is -2.19. The van der Waals surface area contributed by atoms with Crippen molar-refractivity contribution in [2.75, 3.05) is 26.1 Å². The number of unbranched alkanes of at least 4 members (excludes halogenated alkanes) is 2. The first-order valence-electron chi connectivity index (χ1n) is 6.89. The minimum Gasteiger partial charge on any atom is -0.493 e. The molecule has 0 unspecified atom stereocenters. The third kappa shape index (κ3) is 4.37. The van der Waals surface area contributed by atoms with Crippen LogP contribution in [0.5, 0.6) is 5.75 Å². The Morgan fingerprint density at radius 1 is 1.32 bits per heavy atom. The van der Waals surface area contributed by atoms with Crippen LogP contribution >= 0.6 is 27.5 Å². The van der Waals surface area contributed by atoms with E-state index < -0.39 is 0 Å². The topological polar surface area (TPSA) is 12.5 Å². The van der Waals surface area contributed by atoms with Crippen molar-refractivity contribution in [2.24, 2.45) is 0 Å². The Hall–Kier alpha value is -0.250. The van der Waals surface area contributed by atoms with Gasteiger partial charge in [0.25, 0.3) is 0 Å². The largest absolute Gasteiger partial charge is 0.493 e. The molecule has 106 valence electrons. The summed E-state index contributed by atoms with van der Waals surface area (Å²) < 4.78 is 6.92. The summed E-state index contributed by atoms with van der Waals surface area (Å²) in [4.78, 5) is 2.36. The van der Waals surface area contributed by atoms with E-state index in [2.05, 4.69) is 40.0 Å². The predicted molar refractivity (Wildman–Crippen MR) is 84.2 cm³/mol. The Bertz CT molecular complexity index is 425. The molecule has 2 rings (SSSR count). The molecule has 1 aromatic carbocycles. The molecule has 0 bridgehead atoms. The van der Waals surface area contributed by atoms with Crippen LogP contribution in [0, 0.1) is 0 Å². The van der Waals surface area contributed by atoms with E-state index in [9.17, 15) is 0 Å². The number of hydrogen-bond acceptors (Lipinski definition) is 2. The SMILES string of the molecule is CN(CCCCCCl)Cc1cc(Br)cc2c1OCC2. The smallest absolute Gasteiger partial charge is 0.127 e. The van der Waals surface area contributed by atoms with Gasteiger partial charge in [-0.05, 0) is 44.1 Å². The van der Waals surface area contributed by atoms with Gasteiger partial charge in [0.15, 0.2) is 0 Å². The fourth-order valence-corrected chi connectivity index (χ4v) is 3.23. The summed E-state index contributed by atoms with van der Waals surface area (Å²) in [6.45, 7) is 2.87. The molecule has 0 spiro atoms. The third-order valence-corrected chi connectivity index (χ3v) is 4.16. The number of hydrogen-bond donors (Lipinski definition) is 0. The lowest BCUT2D eigenvalue weighted by atomic mass is 10.1. The summed E-state index contributed by atoms with van der Waals surface area (Å²) >= 11 is 9.28. The Kier molecular flexibility index (Phi) is 5.99. The predicted octanol–water partition coefficient (Wildman–Crippen LogP) is 4.22. The highest BCUT2D eigenvalue weighted by Crippen LogP contribution is 2.33. The van der Waals surface area contributed by atoms with E-state index in [0.717, 1.165) is 48.6 Å². The van der Waals surface area contributed by atoms with Gasteiger partial charge in [0.05, 0.1) is 6.61 Å². The van der Waals surface area contributed by atoms with Crippen molar-refractivity contribution in [3.8, 4) is 5.75 Å². The lowest BCUT2D eigenvalue weighted by molar-refractivity contribution is 0.304. The normalized spacial score (nSPS) is 13.7. The molecule has 0 atom stereocenters. The van der Waals surface area contributed by atoms with Crippen LogP contribution in [-0.4, -0.2) is 31.0 Å². The summed E-state index contributed by atoms with van der Waals surface area (Å²) in [5, 5.41) is 0. The van der Waals surface area contributed by atoms with E-state index in [1.165, 1.54) is 24.0 Å². The third-order valence-electron chi connectivity index (χ3n) is 3.44. The molecule has 0 aromatic heterocycles. The van der Waals surface area contributed by atoms with E-state index in [4.69, 9.17) is 16.3 Å². The Balaban J connectivity index is 1.92. The Labute approximate surface area is 129 Å². The fraction of sp³-hybridized carbons (Fsp3) is 0.600. The van der Waals surface area contributed by atoms with Crippen LogP contribution in [0.4, 0.5) is 0 Å². The molecule has 0 radical (unpaired) electrons. The molecule has 1 aliphatic heterocycles. The van der Waals surface area contributed by atoms with Crippen LogP contribution in [-0.2, 0) is 13.0 Å². The fourth-order valence-electron chi connectivity index (χ4n) is 2.49. The highest BCUT2D eigenvalue weighted by atomic mass is 79.9. The van der Waals surface area contributed by atoms with Gasteiger partial charge in [-0.2, -0.15) is 0 Å². The minimum absolute atomic E-state index is 0.774. The summed E-state index contributed by atoms with van der Waals surface area (Å²) in [5.74, 6) is 1.88. The number of fused-ring (bicyclic) bond motifs is 1. The molecule has 2 nitrogen and oxygen atoms in total. The highest BCUT2D eigenvalue weighted by Gasteiger charge is 2.18. The van der Waals surface area contributed by atoms with Crippen LogP contribution in [0.1, 0.15) is 30.4 Å². The maximum Gasteiger partial charge on any atom is 0.127 e. The van der Waals surface area contributed by atoms with Crippen molar-refractivity contribution < 1.29 is 4.74 Å². The first kappa shape index (κ1) is 15.1. The van der Waals surface area contributed by atoms with Gasteiger partial charge in [0, 0.05) is 28.9 Å².